The lowest BCUT2D eigenvalue weighted by Gasteiger charge is -2.15. The maximum Gasteiger partial charge on any atom is 0.161 e. The van der Waals surface area contributed by atoms with Crippen LogP contribution in [-0.2, 0) is 0 Å². The van der Waals surface area contributed by atoms with E-state index in [1.54, 1.807) is 0 Å². The summed E-state index contributed by atoms with van der Waals surface area (Å²) in [6.45, 7) is 0. The number of hydrogen-bond donors (Lipinski definition) is 0. The monoisotopic (exact) mass is 888 g/mol. The summed E-state index contributed by atoms with van der Waals surface area (Å²) >= 11 is 0. The van der Waals surface area contributed by atoms with Crippen LogP contribution in [0.3, 0.4) is 0 Å². The highest BCUT2D eigenvalue weighted by Gasteiger charge is 2.19. The van der Waals surface area contributed by atoms with Crippen LogP contribution in [0.4, 0.5) is 0 Å². The molecule has 0 fully saturated rings. The van der Waals surface area contributed by atoms with Crippen LogP contribution in [0.5, 0.6) is 0 Å². The van der Waals surface area contributed by atoms with Crippen molar-refractivity contribution in [3.8, 4) is 67.5 Å². The second kappa shape index (κ2) is 16.2. The zero-order chi connectivity index (χ0) is 46.1. The summed E-state index contributed by atoms with van der Waals surface area (Å²) in [5, 5.41) is 14.1. The molecule has 2 aromatic heterocycles. The third kappa shape index (κ3) is 6.69. The molecule has 0 radical (unpaired) electrons. The van der Waals surface area contributed by atoms with Crippen LogP contribution in [0, 0.1) is 0 Å². The van der Waals surface area contributed by atoms with Crippen LogP contribution in [0.15, 0.2) is 243 Å². The lowest BCUT2D eigenvalue weighted by molar-refractivity contribution is 1.23. The van der Waals surface area contributed by atoms with E-state index < -0.39 is 0 Å². The van der Waals surface area contributed by atoms with Crippen molar-refractivity contribution in [2.45, 2.75) is 0 Å². The summed E-state index contributed by atoms with van der Waals surface area (Å²) in [5.41, 5.74) is 12.1. The minimum atomic E-state index is 0.673. The van der Waals surface area contributed by atoms with Gasteiger partial charge in [0, 0.05) is 33.0 Å². The number of aromatic nitrogens is 4. The summed E-state index contributed by atoms with van der Waals surface area (Å²) in [7, 11) is 0. The molecule has 4 nitrogen and oxygen atoms in total. The van der Waals surface area contributed by atoms with Gasteiger partial charge in [0.15, 0.2) is 11.6 Å². The normalized spacial score (nSPS) is 11.7. The SMILES string of the molecule is c1cc(-c2ccc3c(ccc4ccccc43)c2)cc(-c2nc(-c3ccc(-c4nc(-c5cccc(-c6ccc7c(ccc8ccccc87)c6)c5)c5ccccc5n4)c4ccccc34)c3ccccc3n2)c1. The van der Waals surface area contributed by atoms with Gasteiger partial charge in [0.25, 0.3) is 0 Å². The Morgan fingerprint density at radius 3 is 1.24 bits per heavy atom. The van der Waals surface area contributed by atoms with E-state index in [4.69, 9.17) is 19.9 Å². The Balaban J connectivity index is 0.869. The topological polar surface area (TPSA) is 51.6 Å². The molecule has 70 heavy (non-hydrogen) atoms. The number of benzene rings is 12. The molecule has 2 heterocycles. The quantitative estimate of drug-likeness (QED) is 0.156. The Bertz CT molecular complexity index is 4440. The molecule has 0 atom stereocenters. The van der Waals surface area contributed by atoms with Gasteiger partial charge in [0.2, 0.25) is 0 Å². The van der Waals surface area contributed by atoms with Gasteiger partial charge in [-0.2, -0.15) is 0 Å². The van der Waals surface area contributed by atoms with E-state index >= 15 is 0 Å². The fourth-order valence-corrected chi connectivity index (χ4v) is 10.6. The van der Waals surface area contributed by atoms with Crippen molar-refractivity contribution < 1.29 is 0 Å². The average molecular weight is 889 g/mol. The Morgan fingerprint density at radius 2 is 0.614 bits per heavy atom. The van der Waals surface area contributed by atoms with Crippen LogP contribution in [0.1, 0.15) is 0 Å². The Kier molecular flexibility index (Phi) is 9.17. The zero-order valence-electron chi connectivity index (χ0n) is 37.9. The van der Waals surface area contributed by atoms with Gasteiger partial charge in [-0.05, 0) is 119 Å². The van der Waals surface area contributed by atoms with Gasteiger partial charge in [0.1, 0.15) is 0 Å². The van der Waals surface area contributed by atoms with Crippen molar-refractivity contribution >= 4 is 75.7 Å². The van der Waals surface area contributed by atoms with E-state index in [-0.39, 0.29) is 0 Å². The average Bonchev–Trinajstić information content (AvgIpc) is 3.44. The summed E-state index contributed by atoms with van der Waals surface area (Å²) in [6, 6.07) is 86.5. The molecule has 0 aliphatic rings. The Hall–Kier alpha value is -9.38. The maximum absolute atomic E-state index is 5.44. The second-order valence-corrected chi connectivity index (χ2v) is 18.1. The second-order valence-electron chi connectivity index (χ2n) is 18.1. The third-order valence-corrected chi connectivity index (χ3v) is 14.0. The molecular formula is C66H40N4. The number of para-hydroxylation sites is 2. The highest BCUT2D eigenvalue weighted by molar-refractivity contribution is 6.11. The van der Waals surface area contributed by atoms with Gasteiger partial charge in [-0.15, -0.1) is 0 Å². The highest BCUT2D eigenvalue weighted by Crippen LogP contribution is 2.40. The van der Waals surface area contributed by atoms with Crippen LogP contribution < -0.4 is 0 Å². The number of nitrogens with zero attached hydrogens (tertiary/aromatic N) is 4. The van der Waals surface area contributed by atoms with Crippen molar-refractivity contribution in [2.75, 3.05) is 0 Å². The van der Waals surface area contributed by atoms with Gasteiger partial charge in [-0.1, -0.05) is 200 Å². The predicted molar refractivity (Wildman–Crippen MR) is 293 cm³/mol. The first-order chi connectivity index (χ1) is 34.7. The molecule has 0 bridgehead atoms. The molecule has 0 saturated carbocycles. The highest BCUT2D eigenvalue weighted by atomic mass is 14.9. The molecular weight excluding hydrogens is 849 g/mol. The van der Waals surface area contributed by atoms with Crippen molar-refractivity contribution in [3.63, 3.8) is 0 Å². The molecule has 0 saturated heterocycles. The molecule has 324 valence electrons. The van der Waals surface area contributed by atoms with Gasteiger partial charge < -0.3 is 0 Å². The maximum atomic E-state index is 5.44. The van der Waals surface area contributed by atoms with Crippen LogP contribution in [0.2, 0.25) is 0 Å². The van der Waals surface area contributed by atoms with Gasteiger partial charge in [-0.25, -0.2) is 19.9 Å². The number of fused-ring (bicyclic) bond motifs is 9. The standard InChI is InChI=1S/C66H40N4/c1-3-19-51-41(13-1)27-29-47-37-45(31-33-53(47)51)43-15-11-17-49(39-43)63-59-23-7-9-25-61(59)68-66(69-63)58-36-35-57(55-21-5-6-22-56(55)58)64-60-24-8-10-26-62(60)67-65(70-64)50-18-12-16-44(40-50)46-32-34-54-48(38-46)30-28-42-14-2-4-20-52(42)54/h1-40H. The van der Waals surface area contributed by atoms with Gasteiger partial charge >= 0.3 is 0 Å². The fraction of sp³-hybridized carbons (Fsp3) is 0. The zero-order valence-corrected chi connectivity index (χ0v) is 37.9. The van der Waals surface area contributed by atoms with Crippen molar-refractivity contribution in [2.24, 2.45) is 0 Å². The van der Waals surface area contributed by atoms with Crippen LogP contribution in [-0.4, -0.2) is 19.9 Å². The van der Waals surface area contributed by atoms with Gasteiger partial charge in [0.05, 0.1) is 22.4 Å². The lowest BCUT2D eigenvalue weighted by Crippen LogP contribution is -1.98. The Labute approximate surface area is 403 Å². The van der Waals surface area contributed by atoms with Crippen LogP contribution >= 0.6 is 0 Å². The lowest BCUT2D eigenvalue weighted by atomic mass is 9.94. The number of hydrogen-bond acceptors (Lipinski definition) is 4. The van der Waals surface area contributed by atoms with Crippen molar-refractivity contribution in [3.05, 3.63) is 243 Å². The molecule has 0 aliphatic heterocycles. The molecule has 14 aromatic rings. The van der Waals surface area contributed by atoms with E-state index in [2.05, 4.69) is 237 Å². The van der Waals surface area contributed by atoms with E-state index in [0.717, 1.165) is 88.5 Å². The van der Waals surface area contributed by atoms with E-state index in [0.29, 0.717) is 11.6 Å². The summed E-state index contributed by atoms with van der Waals surface area (Å²) in [6.07, 6.45) is 0. The predicted octanol–water partition coefficient (Wildman–Crippen LogP) is 17.3. The summed E-state index contributed by atoms with van der Waals surface area (Å²) < 4.78 is 0. The smallest absolute Gasteiger partial charge is 0.161 e. The first-order valence-electron chi connectivity index (χ1n) is 23.8. The molecule has 0 unspecified atom stereocenters. The van der Waals surface area contributed by atoms with Crippen molar-refractivity contribution in [1.82, 2.24) is 19.9 Å². The first kappa shape index (κ1) is 39.8. The Morgan fingerprint density at radius 1 is 0.200 bits per heavy atom. The first-order valence-corrected chi connectivity index (χ1v) is 23.8. The van der Waals surface area contributed by atoms with Gasteiger partial charge in [-0.3, -0.25) is 0 Å². The molecule has 4 heteroatoms. The molecule has 0 spiro atoms. The van der Waals surface area contributed by atoms with E-state index in [1.165, 1.54) is 43.1 Å². The molecule has 0 aliphatic carbocycles. The fourth-order valence-electron chi connectivity index (χ4n) is 10.6. The largest absolute Gasteiger partial charge is 0.228 e. The number of rotatable bonds is 6. The summed E-state index contributed by atoms with van der Waals surface area (Å²) in [4.78, 5) is 21.3. The van der Waals surface area contributed by atoms with E-state index in [1.807, 2.05) is 6.07 Å². The third-order valence-electron chi connectivity index (χ3n) is 14.0. The van der Waals surface area contributed by atoms with Crippen LogP contribution in [0.25, 0.3) is 143 Å². The minimum Gasteiger partial charge on any atom is -0.228 e. The minimum absolute atomic E-state index is 0.673. The summed E-state index contributed by atoms with van der Waals surface area (Å²) in [5.74, 6) is 1.35. The molecule has 14 rings (SSSR count). The molecule has 0 N–H and O–H groups in total. The molecule has 0 amide bonds. The van der Waals surface area contributed by atoms with Crippen molar-refractivity contribution in [1.29, 1.82) is 0 Å². The molecule has 12 aromatic carbocycles. The van der Waals surface area contributed by atoms with E-state index in [9.17, 15) is 0 Å².